The largest absolute Gasteiger partial charge is 0.321 e. The van der Waals surface area contributed by atoms with Crippen LogP contribution in [0.25, 0.3) is 0 Å². The van der Waals surface area contributed by atoms with Crippen LogP contribution < -0.4 is 15.5 Å². The quantitative estimate of drug-likeness (QED) is 0.188. The van der Waals surface area contributed by atoms with Crippen LogP contribution in [0.5, 0.6) is 0 Å². The number of nitrogens with one attached hydrogen (secondary N) is 2. The molecule has 1 aliphatic rings. The summed E-state index contributed by atoms with van der Waals surface area (Å²) in [5.41, 5.74) is 3.75. The van der Waals surface area contributed by atoms with E-state index in [-0.39, 0.29) is 23.7 Å². The molecule has 0 bridgehead atoms. The molecule has 0 aliphatic carbocycles. The van der Waals surface area contributed by atoms with E-state index in [1.54, 1.807) is 24.3 Å². The summed E-state index contributed by atoms with van der Waals surface area (Å²) in [6.45, 7) is 1.56. The Morgan fingerprint density at radius 3 is 2.27 bits per heavy atom. The van der Waals surface area contributed by atoms with Gasteiger partial charge in [-0.3, -0.25) is 19.7 Å². The maximum Gasteiger partial charge on any atom is 0.321 e. The van der Waals surface area contributed by atoms with Gasteiger partial charge in [0, 0.05) is 34.5 Å². The van der Waals surface area contributed by atoms with Gasteiger partial charge in [0.15, 0.2) is 5.78 Å². The first-order valence-corrected chi connectivity index (χ1v) is 12.8. The topological polar surface area (TPSA) is 134 Å². The number of nitro benzene ring substituents is 1. The van der Waals surface area contributed by atoms with Crippen LogP contribution in [0, 0.1) is 17.0 Å². The molecule has 1 atom stereocenters. The number of nitro groups is 1. The summed E-state index contributed by atoms with van der Waals surface area (Å²) in [7, 11) is 0. The number of rotatable bonds is 7. The first-order chi connectivity index (χ1) is 19.8. The summed E-state index contributed by atoms with van der Waals surface area (Å²) in [5.74, 6) is -0.854. The van der Waals surface area contributed by atoms with E-state index in [1.807, 2.05) is 61.5 Å². The van der Waals surface area contributed by atoms with Crippen molar-refractivity contribution in [3.05, 3.63) is 135 Å². The van der Waals surface area contributed by atoms with Crippen molar-refractivity contribution in [2.24, 2.45) is 4.99 Å². The Hall–Kier alpha value is -5.64. The number of ketones is 1. The van der Waals surface area contributed by atoms with Crippen molar-refractivity contribution in [1.82, 2.24) is 5.32 Å². The number of aryl methyl sites for hydroxylation is 1. The van der Waals surface area contributed by atoms with E-state index in [2.05, 4.69) is 15.6 Å². The molecule has 1 aliphatic heterocycles. The number of carbonyl (C=O) groups is 3. The van der Waals surface area contributed by atoms with Crippen molar-refractivity contribution < 1.29 is 19.3 Å². The summed E-state index contributed by atoms with van der Waals surface area (Å²) >= 11 is 0. The van der Waals surface area contributed by atoms with Crippen LogP contribution in [0.1, 0.15) is 27.0 Å². The molecule has 10 nitrogen and oxygen atoms in total. The van der Waals surface area contributed by atoms with Crippen molar-refractivity contribution in [3.8, 4) is 0 Å². The molecule has 2 N–H and O–H groups in total. The Kier molecular flexibility index (Phi) is 7.64. The minimum atomic E-state index is -1.37. The molecule has 0 saturated heterocycles. The zero-order chi connectivity index (χ0) is 28.9. The Balaban J connectivity index is 1.51. The highest BCUT2D eigenvalue weighted by Crippen LogP contribution is 2.29. The van der Waals surface area contributed by atoms with E-state index < -0.39 is 23.0 Å². The Labute approximate surface area is 235 Å². The number of non-ortho nitro benzene ring substituents is 1. The molecular weight excluding hydrogens is 522 g/mol. The van der Waals surface area contributed by atoms with Crippen molar-refractivity contribution in [2.75, 3.05) is 16.8 Å². The Bertz CT molecular complexity index is 1670. The average Bonchev–Trinajstić information content (AvgIpc) is 3.09. The Morgan fingerprint density at radius 1 is 0.902 bits per heavy atom. The van der Waals surface area contributed by atoms with E-state index in [0.717, 1.165) is 11.1 Å². The summed E-state index contributed by atoms with van der Waals surface area (Å²) in [4.78, 5) is 56.9. The molecule has 0 saturated carbocycles. The molecule has 41 heavy (non-hydrogen) atoms. The molecule has 10 heteroatoms. The van der Waals surface area contributed by atoms with E-state index >= 15 is 0 Å². The van der Waals surface area contributed by atoms with Gasteiger partial charge in [-0.15, -0.1) is 0 Å². The van der Waals surface area contributed by atoms with E-state index in [9.17, 15) is 24.5 Å². The molecule has 3 amide bonds. The van der Waals surface area contributed by atoms with Gasteiger partial charge in [0.25, 0.3) is 11.6 Å². The van der Waals surface area contributed by atoms with Crippen molar-refractivity contribution in [3.63, 3.8) is 0 Å². The van der Waals surface area contributed by atoms with Crippen molar-refractivity contribution in [1.29, 1.82) is 0 Å². The fourth-order valence-corrected chi connectivity index (χ4v) is 4.58. The number of hydrogen-bond donors (Lipinski definition) is 2. The number of aliphatic imine (C=N–C) groups is 1. The number of urea groups is 1. The molecule has 204 valence electrons. The van der Waals surface area contributed by atoms with E-state index in [1.165, 1.54) is 29.2 Å². The SMILES string of the molecule is Cc1ccccc1C(=O)CN1C(=O)[C@@H](NC(=O)Nc2ccc([N+](=O)[O-])cc2)N=C(c2ccccc2)c2ccccc21. The van der Waals surface area contributed by atoms with Crippen molar-refractivity contribution in [2.45, 2.75) is 13.1 Å². The molecule has 1 heterocycles. The zero-order valence-electron chi connectivity index (χ0n) is 22.0. The van der Waals surface area contributed by atoms with Crippen LogP contribution in [0.3, 0.4) is 0 Å². The molecular formula is C31H25N5O5. The minimum absolute atomic E-state index is 0.126. The minimum Gasteiger partial charge on any atom is -0.308 e. The van der Waals surface area contributed by atoms with Gasteiger partial charge >= 0.3 is 6.03 Å². The van der Waals surface area contributed by atoms with Crippen molar-refractivity contribution >= 4 is 40.5 Å². The van der Waals surface area contributed by atoms with Crippen LogP contribution in [0.15, 0.2) is 108 Å². The summed E-state index contributed by atoms with van der Waals surface area (Å²) < 4.78 is 0. The number of nitrogens with zero attached hydrogens (tertiary/aromatic N) is 3. The molecule has 4 aromatic carbocycles. The first kappa shape index (κ1) is 26.9. The summed E-state index contributed by atoms with van der Waals surface area (Å²) in [5, 5.41) is 16.1. The van der Waals surface area contributed by atoms with E-state index in [4.69, 9.17) is 0 Å². The van der Waals surface area contributed by atoms with Crippen LogP contribution in [-0.4, -0.2) is 41.1 Å². The lowest BCUT2D eigenvalue weighted by atomic mass is 9.99. The van der Waals surface area contributed by atoms with Gasteiger partial charge in [-0.1, -0.05) is 72.8 Å². The number of benzodiazepines with no additional fused rings is 1. The molecule has 0 radical (unpaired) electrons. The van der Waals surface area contributed by atoms with Gasteiger partial charge in [0.1, 0.15) is 0 Å². The number of para-hydroxylation sites is 1. The molecule has 0 fully saturated rings. The predicted octanol–water partition coefficient (Wildman–Crippen LogP) is 5.12. The number of benzene rings is 4. The lowest BCUT2D eigenvalue weighted by Crippen LogP contribution is -2.50. The zero-order valence-corrected chi connectivity index (χ0v) is 22.0. The lowest BCUT2D eigenvalue weighted by Gasteiger charge is -2.25. The molecule has 0 spiro atoms. The van der Waals surface area contributed by atoms with Gasteiger partial charge in [-0.25, -0.2) is 9.79 Å². The van der Waals surface area contributed by atoms with Crippen LogP contribution in [-0.2, 0) is 4.79 Å². The van der Waals surface area contributed by atoms with Crippen LogP contribution in [0.4, 0.5) is 21.9 Å². The second-order valence-electron chi connectivity index (χ2n) is 9.33. The average molecular weight is 548 g/mol. The van der Waals surface area contributed by atoms with E-state index in [0.29, 0.717) is 22.5 Å². The van der Waals surface area contributed by atoms with Crippen LogP contribution >= 0.6 is 0 Å². The third-order valence-corrected chi connectivity index (χ3v) is 6.61. The highest BCUT2D eigenvalue weighted by Gasteiger charge is 2.34. The molecule has 0 unspecified atom stereocenters. The number of hydrogen-bond acceptors (Lipinski definition) is 6. The second kappa shape index (κ2) is 11.6. The first-order valence-electron chi connectivity index (χ1n) is 12.8. The number of amides is 3. The third-order valence-electron chi connectivity index (χ3n) is 6.61. The lowest BCUT2D eigenvalue weighted by molar-refractivity contribution is -0.384. The second-order valence-corrected chi connectivity index (χ2v) is 9.33. The highest BCUT2D eigenvalue weighted by atomic mass is 16.6. The third kappa shape index (κ3) is 5.86. The standard InChI is InChI=1S/C31H25N5O5/c1-20-9-5-6-12-24(20)27(37)19-35-26-14-8-7-13-25(26)28(21-10-3-2-4-11-21)33-29(30(35)38)34-31(39)32-22-15-17-23(18-16-22)36(40)41/h2-18,29H,19H2,1H3,(H2,32,34,39)/t29-/m1/s1. The van der Waals surface area contributed by atoms with Gasteiger partial charge in [0.05, 0.1) is 22.9 Å². The fourth-order valence-electron chi connectivity index (χ4n) is 4.58. The molecule has 0 aromatic heterocycles. The summed E-state index contributed by atoms with van der Waals surface area (Å²) in [6, 6.07) is 28.1. The predicted molar refractivity (Wildman–Crippen MR) is 155 cm³/mol. The molecule has 5 rings (SSSR count). The van der Waals surface area contributed by atoms with Gasteiger partial charge in [0.2, 0.25) is 6.17 Å². The van der Waals surface area contributed by atoms with Crippen LogP contribution in [0.2, 0.25) is 0 Å². The van der Waals surface area contributed by atoms with Gasteiger partial charge < -0.3 is 15.5 Å². The van der Waals surface area contributed by atoms with Gasteiger partial charge in [-0.05, 0) is 30.7 Å². The maximum absolute atomic E-state index is 14.0. The maximum atomic E-state index is 14.0. The number of Topliss-reactive ketones (excluding diaryl/α,β-unsaturated/α-hetero) is 1. The summed E-state index contributed by atoms with van der Waals surface area (Å²) in [6.07, 6.45) is -1.37. The van der Waals surface area contributed by atoms with Gasteiger partial charge in [-0.2, -0.15) is 0 Å². The highest BCUT2D eigenvalue weighted by molar-refractivity contribution is 6.21. The smallest absolute Gasteiger partial charge is 0.308 e. The number of fused-ring (bicyclic) bond motifs is 1. The molecule has 4 aromatic rings. The Morgan fingerprint density at radius 2 is 1.56 bits per heavy atom. The number of carbonyl (C=O) groups excluding carboxylic acids is 3. The number of anilines is 2. The fraction of sp³-hybridized carbons (Fsp3) is 0.0968. The monoisotopic (exact) mass is 547 g/mol. The normalized spacial score (nSPS) is 14.4.